The molecule has 1 rings (SSSR count). The molecule has 0 heterocycles. The largest absolute Gasteiger partial charge is 0.385 e. The van der Waals surface area contributed by atoms with Crippen LogP contribution in [0.2, 0.25) is 0 Å². The van der Waals surface area contributed by atoms with Gasteiger partial charge in [0, 0.05) is 26.3 Å². The number of nitrogens with zero attached hydrogens (tertiary/aromatic N) is 2. The highest BCUT2D eigenvalue weighted by atomic mass is 16.5. The van der Waals surface area contributed by atoms with Crippen molar-refractivity contribution < 1.29 is 4.74 Å². The van der Waals surface area contributed by atoms with E-state index < -0.39 is 0 Å². The summed E-state index contributed by atoms with van der Waals surface area (Å²) < 4.78 is 5.06. The molecule has 98 valence electrons. The molecule has 1 aliphatic rings. The van der Waals surface area contributed by atoms with Crippen LogP contribution in [-0.2, 0) is 4.74 Å². The van der Waals surface area contributed by atoms with Crippen LogP contribution in [0.4, 0.5) is 0 Å². The highest BCUT2D eigenvalue weighted by molar-refractivity contribution is 5.13. The molecule has 0 aromatic heterocycles. The van der Waals surface area contributed by atoms with Crippen molar-refractivity contribution in [2.75, 3.05) is 33.9 Å². The van der Waals surface area contributed by atoms with E-state index in [1.54, 1.807) is 7.11 Å². The lowest BCUT2D eigenvalue weighted by Crippen LogP contribution is -2.43. The molecule has 4 heteroatoms. The van der Waals surface area contributed by atoms with Gasteiger partial charge >= 0.3 is 0 Å². The first-order chi connectivity index (χ1) is 8.17. The zero-order chi connectivity index (χ0) is 12.7. The molecule has 0 aromatic rings. The predicted molar refractivity (Wildman–Crippen MR) is 68.8 cm³/mol. The quantitative estimate of drug-likeness (QED) is 0.682. The van der Waals surface area contributed by atoms with Crippen molar-refractivity contribution in [2.24, 2.45) is 0 Å². The van der Waals surface area contributed by atoms with E-state index >= 15 is 0 Å². The maximum absolute atomic E-state index is 9.31. The first kappa shape index (κ1) is 14.4. The summed E-state index contributed by atoms with van der Waals surface area (Å²) in [5.74, 6) is 0. The van der Waals surface area contributed by atoms with Crippen LogP contribution in [0.25, 0.3) is 0 Å². The van der Waals surface area contributed by atoms with Crippen molar-refractivity contribution in [2.45, 2.75) is 44.2 Å². The van der Waals surface area contributed by atoms with Crippen molar-refractivity contribution in [3.63, 3.8) is 0 Å². The summed E-state index contributed by atoms with van der Waals surface area (Å²) in [5, 5.41) is 12.7. The fourth-order valence-corrected chi connectivity index (χ4v) is 2.68. The van der Waals surface area contributed by atoms with Crippen molar-refractivity contribution in [3.05, 3.63) is 0 Å². The minimum atomic E-state index is -0.283. The van der Waals surface area contributed by atoms with Crippen molar-refractivity contribution in [3.8, 4) is 6.07 Å². The van der Waals surface area contributed by atoms with E-state index in [2.05, 4.69) is 30.3 Å². The lowest BCUT2D eigenvalue weighted by Gasteiger charge is -2.26. The zero-order valence-corrected chi connectivity index (χ0v) is 11.3. The standard InChI is InChI=1S/C13H25N3O/c1-4-15-13(11-14)7-6-12(10-13)16(2)8-5-9-17-3/h12,15H,4-10H2,1-3H3. The van der Waals surface area contributed by atoms with E-state index in [1.807, 2.05) is 0 Å². The van der Waals surface area contributed by atoms with Crippen LogP contribution >= 0.6 is 0 Å². The van der Waals surface area contributed by atoms with E-state index in [0.717, 1.165) is 45.4 Å². The number of methoxy groups -OCH3 is 1. The molecule has 0 aliphatic heterocycles. The Balaban J connectivity index is 2.40. The third-order valence-electron chi connectivity index (χ3n) is 3.70. The first-order valence-corrected chi connectivity index (χ1v) is 6.53. The third-order valence-corrected chi connectivity index (χ3v) is 3.70. The monoisotopic (exact) mass is 239 g/mol. The molecule has 0 spiro atoms. The van der Waals surface area contributed by atoms with E-state index in [0.29, 0.717) is 6.04 Å². The molecular formula is C13H25N3O. The van der Waals surface area contributed by atoms with Gasteiger partial charge in [-0.15, -0.1) is 0 Å². The van der Waals surface area contributed by atoms with Gasteiger partial charge in [-0.25, -0.2) is 0 Å². The predicted octanol–water partition coefficient (Wildman–Crippen LogP) is 1.38. The maximum atomic E-state index is 9.31. The van der Waals surface area contributed by atoms with Gasteiger partial charge in [-0.3, -0.25) is 5.32 Å². The van der Waals surface area contributed by atoms with E-state index in [-0.39, 0.29) is 5.54 Å². The van der Waals surface area contributed by atoms with Gasteiger partial charge in [0.2, 0.25) is 0 Å². The molecule has 1 fully saturated rings. The lowest BCUT2D eigenvalue weighted by atomic mass is 9.99. The van der Waals surface area contributed by atoms with Gasteiger partial charge in [-0.1, -0.05) is 6.92 Å². The number of ether oxygens (including phenoxy) is 1. The Bertz CT molecular complexity index is 264. The molecule has 1 N–H and O–H groups in total. The molecule has 2 unspecified atom stereocenters. The fourth-order valence-electron chi connectivity index (χ4n) is 2.68. The van der Waals surface area contributed by atoms with E-state index in [9.17, 15) is 5.26 Å². The van der Waals surface area contributed by atoms with Crippen LogP contribution < -0.4 is 5.32 Å². The third kappa shape index (κ3) is 3.95. The molecule has 2 atom stereocenters. The topological polar surface area (TPSA) is 48.3 Å². The molecule has 0 saturated heterocycles. The van der Waals surface area contributed by atoms with Crippen LogP contribution in [0.3, 0.4) is 0 Å². The summed E-state index contributed by atoms with van der Waals surface area (Å²) in [7, 11) is 3.89. The average molecular weight is 239 g/mol. The second kappa shape index (κ2) is 6.95. The Morgan fingerprint density at radius 1 is 1.59 bits per heavy atom. The van der Waals surface area contributed by atoms with Crippen molar-refractivity contribution in [1.82, 2.24) is 10.2 Å². The second-order valence-corrected chi connectivity index (χ2v) is 4.95. The highest BCUT2D eigenvalue weighted by Gasteiger charge is 2.39. The molecule has 0 aromatic carbocycles. The Labute approximate surface area is 105 Å². The molecule has 1 saturated carbocycles. The minimum absolute atomic E-state index is 0.283. The molecule has 1 aliphatic carbocycles. The lowest BCUT2D eigenvalue weighted by molar-refractivity contribution is 0.164. The van der Waals surface area contributed by atoms with Gasteiger partial charge in [0.1, 0.15) is 5.54 Å². The SMILES string of the molecule is CCNC1(C#N)CCC(N(C)CCCOC)C1. The molecule has 0 radical (unpaired) electrons. The molecular weight excluding hydrogens is 214 g/mol. The Morgan fingerprint density at radius 3 is 2.94 bits per heavy atom. The average Bonchev–Trinajstić information content (AvgIpc) is 2.75. The summed E-state index contributed by atoms with van der Waals surface area (Å²) in [4.78, 5) is 2.37. The van der Waals surface area contributed by atoms with Gasteiger partial charge in [-0.05, 0) is 39.3 Å². The fraction of sp³-hybridized carbons (Fsp3) is 0.923. The zero-order valence-electron chi connectivity index (χ0n) is 11.3. The number of hydrogen-bond donors (Lipinski definition) is 1. The van der Waals surface area contributed by atoms with Gasteiger partial charge < -0.3 is 9.64 Å². The van der Waals surface area contributed by atoms with Crippen LogP contribution in [0.5, 0.6) is 0 Å². The van der Waals surface area contributed by atoms with Crippen molar-refractivity contribution >= 4 is 0 Å². The molecule has 17 heavy (non-hydrogen) atoms. The smallest absolute Gasteiger partial charge is 0.108 e. The number of rotatable bonds is 7. The molecule has 4 nitrogen and oxygen atoms in total. The van der Waals surface area contributed by atoms with Gasteiger partial charge in [-0.2, -0.15) is 5.26 Å². The summed E-state index contributed by atoms with van der Waals surface area (Å²) in [6.07, 6.45) is 4.09. The normalized spacial score (nSPS) is 28.5. The minimum Gasteiger partial charge on any atom is -0.385 e. The summed E-state index contributed by atoms with van der Waals surface area (Å²) >= 11 is 0. The summed E-state index contributed by atoms with van der Waals surface area (Å²) in [5.41, 5.74) is -0.283. The summed E-state index contributed by atoms with van der Waals surface area (Å²) in [6.45, 7) is 4.79. The number of nitrogens with one attached hydrogen (secondary N) is 1. The molecule has 0 amide bonds. The van der Waals surface area contributed by atoms with E-state index in [4.69, 9.17) is 4.74 Å². The first-order valence-electron chi connectivity index (χ1n) is 6.53. The van der Waals surface area contributed by atoms with Crippen LogP contribution in [-0.4, -0.2) is 50.3 Å². The van der Waals surface area contributed by atoms with Gasteiger partial charge in [0.25, 0.3) is 0 Å². The highest BCUT2D eigenvalue weighted by Crippen LogP contribution is 2.32. The number of hydrogen-bond acceptors (Lipinski definition) is 4. The maximum Gasteiger partial charge on any atom is 0.108 e. The second-order valence-electron chi connectivity index (χ2n) is 4.95. The Kier molecular flexibility index (Phi) is 5.90. The van der Waals surface area contributed by atoms with Crippen LogP contribution in [0, 0.1) is 11.3 Å². The van der Waals surface area contributed by atoms with Gasteiger partial charge in [0.05, 0.1) is 6.07 Å². The Hall–Kier alpha value is -0.630. The van der Waals surface area contributed by atoms with Crippen LogP contribution in [0.15, 0.2) is 0 Å². The number of nitriles is 1. The van der Waals surface area contributed by atoms with Crippen molar-refractivity contribution in [1.29, 1.82) is 5.26 Å². The van der Waals surface area contributed by atoms with E-state index in [1.165, 1.54) is 0 Å². The van der Waals surface area contributed by atoms with Gasteiger partial charge in [0.15, 0.2) is 0 Å². The van der Waals surface area contributed by atoms with Crippen LogP contribution in [0.1, 0.15) is 32.6 Å². The summed E-state index contributed by atoms with van der Waals surface area (Å²) in [6, 6.07) is 3.00. The molecule has 0 bridgehead atoms. The Morgan fingerprint density at radius 2 is 2.35 bits per heavy atom.